The van der Waals surface area contributed by atoms with Gasteiger partial charge in [-0.15, -0.1) is 0 Å². The first-order chi connectivity index (χ1) is 21.5. The number of amides is 2. The Morgan fingerprint density at radius 2 is 1.49 bits per heavy atom. The molecule has 45 heavy (non-hydrogen) atoms. The number of nitrogens with zero attached hydrogens (tertiary/aromatic N) is 3. The number of hydrogen-bond acceptors (Lipinski definition) is 6. The molecule has 4 aromatic rings. The largest absolute Gasteiger partial charge is 0.355 e. The molecule has 0 saturated carbocycles. The second kappa shape index (κ2) is 15.0. The lowest BCUT2D eigenvalue weighted by Crippen LogP contribution is -2.53. The van der Waals surface area contributed by atoms with Crippen molar-refractivity contribution in [1.29, 1.82) is 0 Å². The number of sulfonamides is 1. The Hall–Kier alpha value is -4.45. The van der Waals surface area contributed by atoms with E-state index in [1.165, 1.54) is 29.2 Å². The molecule has 1 atom stereocenters. The van der Waals surface area contributed by atoms with Crippen molar-refractivity contribution in [3.05, 3.63) is 134 Å². The number of nitro groups is 1. The van der Waals surface area contributed by atoms with Gasteiger partial charge < -0.3 is 10.2 Å². The molecule has 2 amide bonds. The van der Waals surface area contributed by atoms with Gasteiger partial charge in [-0.1, -0.05) is 77.8 Å². The molecule has 13 heteroatoms. The Morgan fingerprint density at radius 3 is 2.07 bits per heavy atom. The number of carbonyl (C=O) groups excluding carboxylic acids is 2. The van der Waals surface area contributed by atoms with Crippen LogP contribution in [0.4, 0.5) is 11.4 Å². The number of hydrogen-bond donors (Lipinski definition) is 1. The van der Waals surface area contributed by atoms with Gasteiger partial charge in [-0.3, -0.25) is 24.0 Å². The molecule has 0 aliphatic carbocycles. The van der Waals surface area contributed by atoms with Crippen molar-refractivity contribution in [2.45, 2.75) is 30.8 Å². The number of nitrogens with one attached hydrogen (secondary N) is 1. The molecule has 0 aliphatic heterocycles. The van der Waals surface area contributed by atoms with E-state index in [0.29, 0.717) is 17.1 Å². The predicted molar refractivity (Wildman–Crippen MR) is 174 cm³/mol. The average molecular weight is 670 g/mol. The molecule has 0 aromatic heterocycles. The third-order valence-electron chi connectivity index (χ3n) is 6.92. The molecule has 0 spiro atoms. The van der Waals surface area contributed by atoms with E-state index in [1.54, 1.807) is 43.3 Å². The molecular weight excluding hydrogens is 639 g/mol. The Kier molecular flexibility index (Phi) is 11.2. The van der Waals surface area contributed by atoms with E-state index in [1.807, 2.05) is 30.3 Å². The summed E-state index contributed by atoms with van der Waals surface area (Å²) >= 11 is 12.4. The first kappa shape index (κ1) is 33.4. The second-order valence-corrected chi connectivity index (χ2v) is 12.6. The molecule has 0 heterocycles. The number of halogens is 2. The Bertz CT molecular complexity index is 1760. The lowest BCUT2D eigenvalue weighted by atomic mass is 10.0. The van der Waals surface area contributed by atoms with Gasteiger partial charge in [0.25, 0.3) is 15.7 Å². The summed E-state index contributed by atoms with van der Waals surface area (Å²) in [5, 5.41) is 14.6. The summed E-state index contributed by atoms with van der Waals surface area (Å²) in [5.74, 6) is -1.12. The van der Waals surface area contributed by atoms with Crippen LogP contribution in [0, 0.1) is 10.1 Å². The molecule has 0 radical (unpaired) electrons. The number of rotatable bonds is 13. The Balaban J connectivity index is 1.81. The normalized spacial score (nSPS) is 11.8. The van der Waals surface area contributed by atoms with Crippen LogP contribution in [0.5, 0.6) is 0 Å². The lowest BCUT2D eigenvalue weighted by molar-refractivity contribution is -0.384. The maximum Gasteiger partial charge on any atom is 0.269 e. The summed E-state index contributed by atoms with van der Waals surface area (Å²) in [5.41, 5.74) is 1.13. The van der Waals surface area contributed by atoms with Crippen LogP contribution in [-0.4, -0.2) is 49.2 Å². The summed E-state index contributed by atoms with van der Waals surface area (Å²) in [6.07, 6.45) is 0.142. The highest BCUT2D eigenvalue weighted by Gasteiger charge is 2.34. The minimum atomic E-state index is -4.34. The van der Waals surface area contributed by atoms with Crippen molar-refractivity contribution in [2.75, 3.05) is 17.4 Å². The van der Waals surface area contributed by atoms with Crippen molar-refractivity contribution < 1.29 is 22.9 Å². The van der Waals surface area contributed by atoms with Gasteiger partial charge in [0, 0.05) is 31.6 Å². The quantitative estimate of drug-likeness (QED) is 0.140. The van der Waals surface area contributed by atoms with Crippen LogP contribution in [-0.2, 0) is 32.6 Å². The summed E-state index contributed by atoms with van der Waals surface area (Å²) in [7, 11) is -4.34. The van der Waals surface area contributed by atoms with E-state index in [4.69, 9.17) is 23.2 Å². The smallest absolute Gasteiger partial charge is 0.269 e. The van der Waals surface area contributed by atoms with Gasteiger partial charge in [-0.25, -0.2) is 8.42 Å². The van der Waals surface area contributed by atoms with E-state index in [0.717, 1.165) is 22.0 Å². The standard InChI is InChI=1S/C32H30Cl2N4O6S/c1-2-35-32(40)30(20-23-9-5-3-6-10-23)36(21-24-13-18-28(33)29(34)19-24)31(39)22-37(25-14-16-26(17-15-25)38(41)42)45(43,44)27-11-7-4-8-12-27/h3-19,30H,2,20-22H2,1H3,(H,35,40)/t30-/m0/s1. The summed E-state index contributed by atoms with van der Waals surface area (Å²) in [4.78, 5) is 39.8. The van der Waals surface area contributed by atoms with Gasteiger partial charge in [0.2, 0.25) is 11.8 Å². The van der Waals surface area contributed by atoms with Crippen LogP contribution in [0.2, 0.25) is 10.0 Å². The van der Waals surface area contributed by atoms with Gasteiger partial charge in [-0.2, -0.15) is 0 Å². The maximum atomic E-state index is 14.3. The first-order valence-electron chi connectivity index (χ1n) is 13.9. The molecule has 1 N–H and O–H groups in total. The van der Waals surface area contributed by atoms with Gasteiger partial charge in [0.05, 0.1) is 25.6 Å². The number of nitro benzene ring substituents is 1. The minimum absolute atomic E-state index is 0.0323. The molecule has 0 saturated heterocycles. The van der Waals surface area contributed by atoms with Gasteiger partial charge in [0.15, 0.2) is 0 Å². The number of carbonyl (C=O) groups is 2. The lowest BCUT2D eigenvalue weighted by Gasteiger charge is -2.33. The van der Waals surface area contributed by atoms with Gasteiger partial charge >= 0.3 is 0 Å². The van der Waals surface area contributed by atoms with E-state index in [-0.39, 0.29) is 34.3 Å². The van der Waals surface area contributed by atoms with Crippen LogP contribution >= 0.6 is 23.2 Å². The molecule has 0 unspecified atom stereocenters. The summed E-state index contributed by atoms with van der Waals surface area (Å²) in [6.45, 7) is 1.26. The first-order valence-corrected chi connectivity index (χ1v) is 16.1. The minimum Gasteiger partial charge on any atom is -0.355 e. The highest BCUT2D eigenvalue weighted by molar-refractivity contribution is 7.92. The van der Waals surface area contributed by atoms with E-state index in [9.17, 15) is 28.1 Å². The van der Waals surface area contributed by atoms with E-state index < -0.39 is 39.3 Å². The fraction of sp³-hybridized carbons (Fsp3) is 0.188. The molecule has 0 bridgehead atoms. The monoisotopic (exact) mass is 668 g/mol. The van der Waals surface area contributed by atoms with Gasteiger partial charge in [0.1, 0.15) is 12.6 Å². The summed E-state index contributed by atoms with van der Waals surface area (Å²) in [6, 6.07) is 25.3. The van der Waals surface area contributed by atoms with Crippen LogP contribution < -0.4 is 9.62 Å². The molecule has 0 fully saturated rings. The average Bonchev–Trinajstić information content (AvgIpc) is 3.04. The third kappa shape index (κ3) is 8.39. The Labute approximate surface area is 271 Å². The van der Waals surface area contributed by atoms with Crippen molar-refractivity contribution in [1.82, 2.24) is 10.2 Å². The number of benzene rings is 4. The number of non-ortho nitro benzene ring substituents is 1. The molecule has 4 rings (SSSR count). The number of likely N-dealkylation sites (N-methyl/N-ethyl adjacent to an activating group) is 1. The van der Waals surface area contributed by atoms with Crippen molar-refractivity contribution in [3.8, 4) is 0 Å². The fourth-order valence-corrected chi connectivity index (χ4v) is 6.43. The van der Waals surface area contributed by atoms with Crippen LogP contribution in [0.1, 0.15) is 18.1 Å². The van der Waals surface area contributed by atoms with E-state index in [2.05, 4.69) is 5.32 Å². The zero-order valence-electron chi connectivity index (χ0n) is 24.2. The molecule has 234 valence electrons. The second-order valence-electron chi connectivity index (χ2n) is 9.97. The zero-order chi connectivity index (χ0) is 32.6. The van der Waals surface area contributed by atoms with Crippen LogP contribution in [0.15, 0.2) is 108 Å². The highest BCUT2D eigenvalue weighted by atomic mass is 35.5. The molecule has 0 aliphatic rings. The van der Waals surface area contributed by atoms with Crippen molar-refractivity contribution in [2.24, 2.45) is 0 Å². The fourth-order valence-electron chi connectivity index (χ4n) is 4.67. The predicted octanol–water partition coefficient (Wildman–Crippen LogP) is 5.87. The molecular formula is C32H30Cl2N4O6S. The summed E-state index contributed by atoms with van der Waals surface area (Å²) < 4.78 is 28.8. The Morgan fingerprint density at radius 1 is 0.867 bits per heavy atom. The van der Waals surface area contributed by atoms with Crippen molar-refractivity contribution in [3.63, 3.8) is 0 Å². The van der Waals surface area contributed by atoms with Crippen LogP contribution in [0.25, 0.3) is 0 Å². The SMILES string of the molecule is CCNC(=O)[C@H](Cc1ccccc1)N(Cc1ccc(Cl)c(Cl)c1)C(=O)CN(c1ccc([N+](=O)[O-])cc1)S(=O)(=O)c1ccccc1. The molecule has 4 aromatic carbocycles. The van der Waals surface area contributed by atoms with Gasteiger partial charge in [-0.05, 0) is 54.4 Å². The van der Waals surface area contributed by atoms with Crippen LogP contribution in [0.3, 0.4) is 0 Å². The number of anilines is 1. The van der Waals surface area contributed by atoms with Crippen molar-refractivity contribution >= 4 is 56.4 Å². The molecule has 10 nitrogen and oxygen atoms in total. The third-order valence-corrected chi connectivity index (χ3v) is 9.44. The zero-order valence-corrected chi connectivity index (χ0v) is 26.5. The van der Waals surface area contributed by atoms with E-state index >= 15 is 0 Å². The highest BCUT2D eigenvalue weighted by Crippen LogP contribution is 2.28. The maximum absolute atomic E-state index is 14.3. The topological polar surface area (TPSA) is 130 Å².